The van der Waals surface area contributed by atoms with E-state index in [0.29, 0.717) is 18.7 Å². The number of carbonyl (C=O) groups is 2. The highest BCUT2D eigenvalue weighted by Crippen LogP contribution is 2.26. The molecule has 1 aromatic heterocycles. The van der Waals surface area contributed by atoms with E-state index >= 15 is 0 Å². The zero-order chi connectivity index (χ0) is 15.5. The molecule has 1 aliphatic rings. The predicted octanol–water partition coefficient (Wildman–Crippen LogP) is 2.81. The van der Waals surface area contributed by atoms with Crippen LogP contribution in [-0.2, 0) is 4.74 Å². The first-order valence-corrected chi connectivity index (χ1v) is 7.88. The van der Waals surface area contributed by atoms with Gasteiger partial charge in [0.25, 0.3) is 5.91 Å². The fourth-order valence-electron chi connectivity index (χ4n) is 2.36. The summed E-state index contributed by atoms with van der Waals surface area (Å²) in [6.45, 7) is 2.65. The van der Waals surface area contributed by atoms with Crippen molar-refractivity contribution in [1.29, 1.82) is 0 Å². The molecule has 0 aliphatic carbocycles. The van der Waals surface area contributed by atoms with Crippen molar-refractivity contribution in [2.45, 2.75) is 13.0 Å². The van der Waals surface area contributed by atoms with Crippen LogP contribution in [0, 0.1) is 6.92 Å². The molecule has 1 aromatic carbocycles. The largest absolute Gasteiger partial charge is 0.442 e. The van der Waals surface area contributed by atoms with E-state index < -0.39 is 0 Å². The van der Waals surface area contributed by atoms with E-state index in [1.165, 1.54) is 11.3 Å². The molecule has 2 amide bonds. The third kappa shape index (κ3) is 2.96. The molecule has 0 bridgehead atoms. The Balaban J connectivity index is 1.58. The summed E-state index contributed by atoms with van der Waals surface area (Å²) in [6.07, 6.45) is -0.694. The van der Waals surface area contributed by atoms with Crippen LogP contribution in [0.15, 0.2) is 41.8 Å². The average Bonchev–Trinajstić information content (AvgIpc) is 3.14. The molecule has 1 aliphatic heterocycles. The van der Waals surface area contributed by atoms with E-state index in [-0.39, 0.29) is 18.1 Å². The Morgan fingerprint density at radius 2 is 2.18 bits per heavy atom. The maximum absolute atomic E-state index is 12.2. The molecule has 0 saturated carbocycles. The quantitative estimate of drug-likeness (QED) is 0.943. The smallest absolute Gasteiger partial charge is 0.415 e. The minimum Gasteiger partial charge on any atom is -0.442 e. The van der Waals surface area contributed by atoms with Crippen molar-refractivity contribution in [1.82, 2.24) is 5.32 Å². The maximum atomic E-state index is 12.2. The Morgan fingerprint density at radius 1 is 1.36 bits per heavy atom. The highest BCUT2D eigenvalue weighted by Gasteiger charge is 2.33. The number of hydrogen-bond donors (Lipinski definition) is 1. The lowest BCUT2D eigenvalue weighted by Crippen LogP contribution is -2.34. The molecule has 6 heteroatoms. The van der Waals surface area contributed by atoms with Gasteiger partial charge in [-0.1, -0.05) is 18.2 Å². The number of amides is 2. The molecular weight excluding hydrogens is 300 g/mol. The van der Waals surface area contributed by atoms with Gasteiger partial charge in [-0.2, -0.15) is 0 Å². The normalized spacial score (nSPS) is 17.4. The molecule has 3 rings (SSSR count). The second-order valence-corrected chi connectivity index (χ2v) is 6.02. The van der Waals surface area contributed by atoms with Crippen molar-refractivity contribution >= 4 is 28.3 Å². The molecule has 0 radical (unpaired) electrons. The molecule has 0 spiro atoms. The Labute approximate surface area is 132 Å². The second kappa shape index (κ2) is 6.19. The lowest BCUT2D eigenvalue weighted by atomic mass is 10.1. The van der Waals surface area contributed by atoms with E-state index in [4.69, 9.17) is 4.74 Å². The van der Waals surface area contributed by atoms with Gasteiger partial charge in [0.2, 0.25) is 0 Å². The lowest BCUT2D eigenvalue weighted by molar-refractivity contribution is 0.0915. The molecule has 114 valence electrons. The summed E-state index contributed by atoms with van der Waals surface area (Å²) < 4.78 is 5.29. The second-order valence-electron chi connectivity index (χ2n) is 5.09. The van der Waals surface area contributed by atoms with Gasteiger partial charge in [-0.05, 0) is 36.1 Å². The summed E-state index contributed by atoms with van der Waals surface area (Å²) >= 11 is 1.49. The summed E-state index contributed by atoms with van der Waals surface area (Å²) in [5.74, 6) is -0.149. The molecule has 1 N–H and O–H groups in total. The molecule has 5 nitrogen and oxygen atoms in total. The highest BCUT2D eigenvalue weighted by atomic mass is 32.1. The Bertz CT molecular complexity index is 684. The van der Waals surface area contributed by atoms with Crippen molar-refractivity contribution in [3.8, 4) is 0 Å². The van der Waals surface area contributed by atoms with Crippen LogP contribution in [0.3, 0.4) is 0 Å². The van der Waals surface area contributed by atoms with Gasteiger partial charge in [-0.25, -0.2) is 4.79 Å². The van der Waals surface area contributed by atoms with Crippen molar-refractivity contribution in [2.75, 3.05) is 18.0 Å². The number of rotatable bonds is 4. The minimum absolute atomic E-state index is 0.149. The first-order chi connectivity index (χ1) is 10.6. The van der Waals surface area contributed by atoms with Crippen molar-refractivity contribution in [3.63, 3.8) is 0 Å². The first kappa shape index (κ1) is 14.6. The van der Waals surface area contributed by atoms with Gasteiger partial charge in [0.15, 0.2) is 0 Å². The van der Waals surface area contributed by atoms with Gasteiger partial charge in [0.1, 0.15) is 11.1 Å². The van der Waals surface area contributed by atoms with E-state index in [1.807, 2.05) is 42.6 Å². The van der Waals surface area contributed by atoms with Gasteiger partial charge in [0.05, 0.1) is 13.1 Å². The first-order valence-electron chi connectivity index (χ1n) is 7.00. The van der Waals surface area contributed by atoms with E-state index in [0.717, 1.165) is 10.6 Å². The van der Waals surface area contributed by atoms with Crippen molar-refractivity contribution in [2.24, 2.45) is 0 Å². The average molecular weight is 316 g/mol. The lowest BCUT2D eigenvalue weighted by Gasteiger charge is -2.11. The number of benzene rings is 1. The maximum Gasteiger partial charge on any atom is 0.415 e. The summed E-state index contributed by atoms with van der Waals surface area (Å²) in [4.78, 5) is 25.6. The third-order valence-electron chi connectivity index (χ3n) is 3.53. The molecule has 2 aromatic rings. The number of carbonyl (C=O) groups excluding carboxylic acids is 2. The van der Waals surface area contributed by atoms with Crippen LogP contribution in [0.25, 0.3) is 0 Å². The SMILES string of the molecule is Cc1ccccc1C(=O)NCC1CN(c2cccs2)C(=O)O1. The standard InChI is InChI=1S/C16H16N2O3S/c1-11-5-2-3-6-13(11)15(19)17-9-12-10-18(16(20)21-12)14-7-4-8-22-14/h2-8,12H,9-10H2,1H3,(H,17,19). The van der Waals surface area contributed by atoms with Gasteiger partial charge < -0.3 is 10.1 Å². The number of anilines is 1. The predicted molar refractivity (Wildman–Crippen MR) is 85.4 cm³/mol. The van der Waals surface area contributed by atoms with Crippen LogP contribution >= 0.6 is 11.3 Å². The van der Waals surface area contributed by atoms with Crippen LogP contribution in [0.5, 0.6) is 0 Å². The van der Waals surface area contributed by atoms with Gasteiger partial charge in [0, 0.05) is 5.56 Å². The van der Waals surface area contributed by atoms with E-state index in [9.17, 15) is 9.59 Å². The molecule has 1 fully saturated rings. The number of nitrogens with one attached hydrogen (secondary N) is 1. The number of aryl methyl sites for hydroxylation is 1. The highest BCUT2D eigenvalue weighted by molar-refractivity contribution is 7.14. The molecular formula is C16H16N2O3S. The summed E-state index contributed by atoms with van der Waals surface area (Å²) in [5, 5.41) is 5.60. The van der Waals surface area contributed by atoms with Crippen molar-refractivity contribution in [3.05, 3.63) is 52.9 Å². The topological polar surface area (TPSA) is 58.6 Å². The molecule has 1 unspecified atom stereocenters. The molecule has 22 heavy (non-hydrogen) atoms. The van der Waals surface area contributed by atoms with E-state index in [1.54, 1.807) is 11.0 Å². The fourth-order valence-corrected chi connectivity index (χ4v) is 3.09. The number of ether oxygens (including phenoxy) is 1. The van der Waals surface area contributed by atoms with Crippen molar-refractivity contribution < 1.29 is 14.3 Å². The number of thiophene rings is 1. The summed E-state index contributed by atoms with van der Waals surface area (Å²) in [6, 6.07) is 11.2. The molecule has 2 heterocycles. The number of cyclic esters (lactones) is 1. The number of nitrogens with zero attached hydrogens (tertiary/aromatic N) is 1. The summed E-state index contributed by atoms with van der Waals surface area (Å²) in [5.41, 5.74) is 1.56. The third-order valence-corrected chi connectivity index (χ3v) is 4.42. The van der Waals surface area contributed by atoms with Crippen LogP contribution in [0.4, 0.5) is 9.80 Å². The summed E-state index contributed by atoms with van der Waals surface area (Å²) in [7, 11) is 0. The van der Waals surface area contributed by atoms with Crippen LogP contribution < -0.4 is 10.2 Å². The Morgan fingerprint density at radius 3 is 2.91 bits per heavy atom. The van der Waals surface area contributed by atoms with E-state index in [2.05, 4.69) is 5.32 Å². The zero-order valence-electron chi connectivity index (χ0n) is 12.1. The van der Waals surface area contributed by atoms with Gasteiger partial charge in [-0.3, -0.25) is 9.69 Å². The van der Waals surface area contributed by atoms with Crippen LogP contribution in [0.1, 0.15) is 15.9 Å². The Hall–Kier alpha value is -2.34. The molecule has 1 saturated heterocycles. The van der Waals surface area contributed by atoms with Crippen LogP contribution in [-0.4, -0.2) is 31.2 Å². The van der Waals surface area contributed by atoms with Gasteiger partial charge >= 0.3 is 6.09 Å². The zero-order valence-corrected chi connectivity index (χ0v) is 12.9. The monoisotopic (exact) mass is 316 g/mol. The Kier molecular flexibility index (Phi) is 4.11. The minimum atomic E-state index is -0.363. The number of hydrogen-bond acceptors (Lipinski definition) is 4. The fraction of sp³-hybridized carbons (Fsp3) is 0.250. The van der Waals surface area contributed by atoms with Gasteiger partial charge in [-0.15, -0.1) is 11.3 Å². The van der Waals surface area contributed by atoms with Crippen LogP contribution in [0.2, 0.25) is 0 Å². The molecule has 1 atom stereocenters.